The minimum atomic E-state index is -1.01. The van der Waals surface area contributed by atoms with Crippen LogP contribution in [0.5, 0.6) is 0 Å². The number of carbonyl (C=O) groups is 2. The van der Waals surface area contributed by atoms with Crippen LogP contribution in [0.15, 0.2) is 30.3 Å². The first kappa shape index (κ1) is 16.0. The Kier molecular flexibility index (Phi) is 4.79. The van der Waals surface area contributed by atoms with Crippen LogP contribution >= 0.6 is 0 Å². The lowest BCUT2D eigenvalue weighted by atomic mass is 10.0. The highest BCUT2D eigenvalue weighted by Gasteiger charge is 2.25. The molecule has 2 heterocycles. The number of rotatable bonds is 5. The minimum Gasteiger partial charge on any atom is -0.478 e. The van der Waals surface area contributed by atoms with Gasteiger partial charge in [-0.1, -0.05) is 30.3 Å². The SMILES string of the molecule is O=C(NCc1nn2c(c1C(=O)O)CCCC2)OCc1ccccc1. The van der Waals surface area contributed by atoms with Gasteiger partial charge in [-0.15, -0.1) is 0 Å². The van der Waals surface area contributed by atoms with E-state index in [9.17, 15) is 14.7 Å². The van der Waals surface area contributed by atoms with E-state index in [0.29, 0.717) is 18.7 Å². The molecule has 0 saturated carbocycles. The number of aryl methyl sites for hydroxylation is 1. The summed E-state index contributed by atoms with van der Waals surface area (Å²) in [6.07, 6.45) is 2.05. The highest BCUT2D eigenvalue weighted by Crippen LogP contribution is 2.21. The van der Waals surface area contributed by atoms with Crippen molar-refractivity contribution >= 4 is 12.1 Å². The number of fused-ring (bicyclic) bond motifs is 1. The Bertz CT molecular complexity index is 740. The highest BCUT2D eigenvalue weighted by atomic mass is 16.5. The van der Waals surface area contributed by atoms with Crippen molar-refractivity contribution in [2.75, 3.05) is 0 Å². The first-order valence-electron chi connectivity index (χ1n) is 7.91. The highest BCUT2D eigenvalue weighted by molar-refractivity contribution is 5.90. The third kappa shape index (κ3) is 3.56. The lowest BCUT2D eigenvalue weighted by Gasteiger charge is -2.13. The molecule has 0 saturated heterocycles. The van der Waals surface area contributed by atoms with Gasteiger partial charge in [0.2, 0.25) is 0 Å². The van der Waals surface area contributed by atoms with Crippen molar-refractivity contribution in [2.45, 2.75) is 39.0 Å². The fraction of sp³-hybridized carbons (Fsp3) is 0.353. The van der Waals surface area contributed by atoms with Gasteiger partial charge in [-0.25, -0.2) is 9.59 Å². The number of aromatic carboxylic acids is 1. The fourth-order valence-corrected chi connectivity index (χ4v) is 2.85. The van der Waals surface area contributed by atoms with Crippen molar-refractivity contribution in [3.8, 4) is 0 Å². The summed E-state index contributed by atoms with van der Waals surface area (Å²) in [5.74, 6) is -1.01. The van der Waals surface area contributed by atoms with Crippen molar-refractivity contribution < 1.29 is 19.4 Å². The van der Waals surface area contributed by atoms with E-state index >= 15 is 0 Å². The molecule has 1 aromatic carbocycles. The molecular formula is C17H19N3O4. The van der Waals surface area contributed by atoms with Crippen LogP contribution in [0.1, 0.15) is 40.2 Å². The maximum absolute atomic E-state index is 11.8. The quantitative estimate of drug-likeness (QED) is 0.878. The van der Waals surface area contributed by atoms with Gasteiger partial charge in [0.25, 0.3) is 0 Å². The Morgan fingerprint density at radius 3 is 2.79 bits per heavy atom. The van der Waals surface area contributed by atoms with Gasteiger partial charge in [-0.3, -0.25) is 4.68 Å². The van der Waals surface area contributed by atoms with Crippen molar-refractivity contribution in [3.05, 3.63) is 52.8 Å². The zero-order valence-electron chi connectivity index (χ0n) is 13.2. The summed E-state index contributed by atoms with van der Waals surface area (Å²) >= 11 is 0. The molecule has 2 aromatic rings. The van der Waals surface area contributed by atoms with Crippen LogP contribution in [-0.4, -0.2) is 26.9 Å². The number of carboxylic acids is 1. The Morgan fingerprint density at radius 1 is 1.25 bits per heavy atom. The lowest BCUT2D eigenvalue weighted by molar-refractivity contribution is 0.0693. The molecule has 0 aliphatic carbocycles. The van der Waals surface area contributed by atoms with Gasteiger partial charge in [0.1, 0.15) is 12.2 Å². The summed E-state index contributed by atoms with van der Waals surface area (Å²) in [5.41, 5.74) is 2.20. The van der Waals surface area contributed by atoms with E-state index in [1.165, 1.54) is 0 Å². The molecule has 1 amide bonds. The maximum atomic E-state index is 11.8. The van der Waals surface area contributed by atoms with E-state index in [1.54, 1.807) is 4.68 Å². The van der Waals surface area contributed by atoms with Crippen LogP contribution in [0.3, 0.4) is 0 Å². The van der Waals surface area contributed by atoms with Crippen LogP contribution in [-0.2, 0) is 30.9 Å². The number of carboxylic acid groups (broad SMARTS) is 1. The summed E-state index contributed by atoms with van der Waals surface area (Å²) in [7, 11) is 0. The molecule has 24 heavy (non-hydrogen) atoms. The van der Waals surface area contributed by atoms with Gasteiger partial charge >= 0.3 is 12.1 Å². The molecule has 7 heteroatoms. The molecule has 2 N–H and O–H groups in total. The number of carbonyl (C=O) groups excluding carboxylic acids is 1. The number of ether oxygens (including phenoxy) is 1. The number of alkyl carbamates (subject to hydrolysis) is 1. The van der Waals surface area contributed by atoms with E-state index in [2.05, 4.69) is 10.4 Å². The van der Waals surface area contributed by atoms with Crippen molar-refractivity contribution in [1.82, 2.24) is 15.1 Å². The van der Waals surface area contributed by atoms with Gasteiger partial charge in [0.05, 0.1) is 17.9 Å². The zero-order valence-corrected chi connectivity index (χ0v) is 13.2. The number of benzene rings is 1. The molecular weight excluding hydrogens is 310 g/mol. The van der Waals surface area contributed by atoms with Crippen molar-refractivity contribution in [3.63, 3.8) is 0 Å². The van der Waals surface area contributed by atoms with Gasteiger partial charge < -0.3 is 15.2 Å². The van der Waals surface area contributed by atoms with E-state index in [1.807, 2.05) is 30.3 Å². The van der Waals surface area contributed by atoms with Crippen LogP contribution in [0.2, 0.25) is 0 Å². The fourth-order valence-electron chi connectivity index (χ4n) is 2.85. The molecule has 0 unspecified atom stereocenters. The second-order valence-corrected chi connectivity index (χ2v) is 5.67. The summed E-state index contributed by atoms with van der Waals surface area (Å²) in [5, 5.41) is 16.3. The van der Waals surface area contributed by atoms with Gasteiger partial charge in [0, 0.05) is 6.54 Å². The predicted molar refractivity (Wildman–Crippen MR) is 85.6 cm³/mol. The number of hydrogen-bond acceptors (Lipinski definition) is 4. The van der Waals surface area contributed by atoms with Gasteiger partial charge in [-0.2, -0.15) is 5.10 Å². The normalized spacial score (nSPS) is 13.2. The number of aromatic nitrogens is 2. The summed E-state index contributed by atoms with van der Waals surface area (Å²) in [6, 6.07) is 9.34. The first-order chi connectivity index (χ1) is 11.6. The largest absolute Gasteiger partial charge is 0.478 e. The smallest absolute Gasteiger partial charge is 0.407 e. The topological polar surface area (TPSA) is 93.5 Å². The third-order valence-corrected chi connectivity index (χ3v) is 3.99. The molecule has 0 spiro atoms. The van der Waals surface area contributed by atoms with Gasteiger partial charge in [0.15, 0.2) is 0 Å². The Hall–Kier alpha value is -2.83. The summed E-state index contributed by atoms with van der Waals surface area (Å²) in [6.45, 7) is 0.918. The number of hydrogen-bond donors (Lipinski definition) is 2. The molecule has 7 nitrogen and oxygen atoms in total. The van der Waals surface area contributed by atoms with E-state index in [0.717, 1.165) is 24.1 Å². The number of nitrogens with one attached hydrogen (secondary N) is 1. The molecule has 126 valence electrons. The standard InChI is InChI=1S/C17H19N3O4/c21-16(22)15-13(19-20-9-5-4-8-14(15)20)10-18-17(23)24-11-12-6-2-1-3-7-12/h1-3,6-7H,4-5,8-11H2,(H,18,23)(H,21,22). The van der Waals surface area contributed by atoms with E-state index in [-0.39, 0.29) is 18.7 Å². The van der Waals surface area contributed by atoms with E-state index < -0.39 is 12.1 Å². The molecule has 1 aliphatic rings. The Balaban J connectivity index is 1.61. The van der Waals surface area contributed by atoms with Gasteiger partial charge in [-0.05, 0) is 24.8 Å². The Morgan fingerprint density at radius 2 is 2.04 bits per heavy atom. The second kappa shape index (κ2) is 7.16. The summed E-state index contributed by atoms with van der Waals surface area (Å²) < 4.78 is 6.86. The average molecular weight is 329 g/mol. The zero-order chi connectivity index (χ0) is 16.9. The molecule has 0 radical (unpaired) electrons. The number of amides is 1. The third-order valence-electron chi connectivity index (χ3n) is 3.99. The number of nitrogens with zero attached hydrogens (tertiary/aromatic N) is 2. The van der Waals surface area contributed by atoms with Crippen LogP contribution in [0, 0.1) is 0 Å². The van der Waals surface area contributed by atoms with Crippen LogP contribution in [0.4, 0.5) is 4.79 Å². The molecule has 0 atom stereocenters. The molecule has 1 aliphatic heterocycles. The monoisotopic (exact) mass is 329 g/mol. The van der Waals surface area contributed by atoms with Crippen molar-refractivity contribution in [1.29, 1.82) is 0 Å². The molecule has 3 rings (SSSR count). The molecule has 1 aromatic heterocycles. The van der Waals surface area contributed by atoms with Crippen LogP contribution < -0.4 is 5.32 Å². The second-order valence-electron chi connectivity index (χ2n) is 5.67. The van der Waals surface area contributed by atoms with Crippen molar-refractivity contribution in [2.24, 2.45) is 0 Å². The average Bonchev–Trinajstić information content (AvgIpc) is 2.97. The van der Waals surface area contributed by atoms with Crippen LogP contribution in [0.25, 0.3) is 0 Å². The van der Waals surface area contributed by atoms with E-state index in [4.69, 9.17) is 4.74 Å². The predicted octanol–water partition coefficient (Wildman–Crippen LogP) is 2.34. The minimum absolute atomic E-state index is 0.0370. The Labute approximate surface area is 139 Å². The maximum Gasteiger partial charge on any atom is 0.407 e. The summed E-state index contributed by atoms with van der Waals surface area (Å²) in [4.78, 5) is 23.3. The molecule has 0 bridgehead atoms. The first-order valence-corrected chi connectivity index (χ1v) is 7.91. The molecule has 0 fully saturated rings. The lowest BCUT2D eigenvalue weighted by Crippen LogP contribution is -2.24.